The number of rotatable bonds is 30. The second-order valence-corrected chi connectivity index (χ2v) is 16.4. The van der Waals surface area contributed by atoms with E-state index in [1.165, 1.54) is 0 Å². The fourth-order valence-electron chi connectivity index (χ4n) is 7.49. The van der Waals surface area contributed by atoms with Crippen molar-refractivity contribution in [2.24, 2.45) is 17.8 Å². The van der Waals surface area contributed by atoms with Crippen molar-refractivity contribution in [1.82, 2.24) is 16.0 Å². The number of aliphatic carboxylic acids is 3. The Morgan fingerprint density at radius 1 is 0.418 bits per heavy atom. The third-order valence-electron chi connectivity index (χ3n) is 11.0. The Kier molecular flexibility index (Phi) is 21.0. The van der Waals surface area contributed by atoms with Gasteiger partial charge in [-0.3, -0.25) is 33.6 Å². The van der Waals surface area contributed by atoms with Crippen molar-refractivity contribution in [3.63, 3.8) is 0 Å². The Morgan fingerprint density at radius 2 is 0.836 bits per heavy atom. The molecule has 67 heavy (non-hydrogen) atoms. The van der Waals surface area contributed by atoms with Gasteiger partial charge in [0.25, 0.3) is 0 Å². The summed E-state index contributed by atoms with van der Waals surface area (Å²) in [6, 6.07) is 29.9. The third-order valence-corrected chi connectivity index (χ3v) is 11.0. The van der Waals surface area contributed by atoms with Crippen molar-refractivity contribution in [3.05, 3.63) is 144 Å². The molecular weight excluding hydrogens is 863 g/mol. The first-order valence-corrected chi connectivity index (χ1v) is 21.8. The largest absolute Gasteiger partial charge is 0.481 e. The fraction of sp³-hybridized carbons (Fsp3) is 0.333. The highest BCUT2D eigenvalue weighted by Gasteiger charge is 2.32. The number of aldehydes is 1. The van der Waals surface area contributed by atoms with E-state index in [9.17, 15) is 63.3 Å². The number of Topliss-reactive ketones (excluding diaryl/α,β-unsaturated/α-hetero) is 3. The van der Waals surface area contributed by atoms with Crippen LogP contribution >= 0.6 is 0 Å². The van der Waals surface area contributed by atoms with E-state index in [0.717, 1.165) is 5.56 Å². The summed E-state index contributed by atoms with van der Waals surface area (Å²) in [6.45, 7) is 0. The predicted octanol–water partition coefficient (Wildman–Crippen LogP) is 4.15. The van der Waals surface area contributed by atoms with E-state index >= 15 is 0 Å². The molecule has 0 radical (unpaired) electrons. The standard InChI is InChI=1S/C51H55N3O13/c55-32-37(23-33-13-5-1-6-14-33)27-45(58)42(31-47(60)53-43(50(64)65)25-35-17-9-3-10-18-35)52-46(59)22-21-40(56)28-38(48(61)54-44(51(66)67)26-36-19-11-4-12-20-36)29-41(57)30-39(49(62)63)24-34-15-7-2-8-16-34/h1-20,32,37-39,42-44H,21-31H2,(H,52,59)(H,53,60)(H,54,61)(H,62,63)(H,64,65)(H,66,67). The smallest absolute Gasteiger partial charge is 0.326 e. The molecule has 0 saturated carbocycles. The molecule has 0 aliphatic carbocycles. The van der Waals surface area contributed by atoms with Crippen LogP contribution < -0.4 is 16.0 Å². The van der Waals surface area contributed by atoms with Gasteiger partial charge in [0.15, 0.2) is 5.78 Å². The summed E-state index contributed by atoms with van der Waals surface area (Å²) in [5.74, 6) is -12.2. The van der Waals surface area contributed by atoms with Crippen molar-refractivity contribution in [1.29, 1.82) is 0 Å². The van der Waals surface area contributed by atoms with E-state index in [-0.39, 0.29) is 32.1 Å². The Morgan fingerprint density at radius 3 is 1.30 bits per heavy atom. The lowest BCUT2D eigenvalue weighted by Gasteiger charge is -2.21. The van der Waals surface area contributed by atoms with Gasteiger partial charge in [0.05, 0.1) is 24.3 Å². The number of nitrogens with one attached hydrogen (secondary N) is 3. The van der Waals surface area contributed by atoms with Crippen LogP contribution in [-0.2, 0) is 73.6 Å². The molecule has 16 nitrogen and oxygen atoms in total. The van der Waals surface area contributed by atoms with Crippen LogP contribution in [0, 0.1) is 17.8 Å². The Bertz CT molecular complexity index is 2330. The summed E-state index contributed by atoms with van der Waals surface area (Å²) in [5.41, 5.74) is 2.60. The van der Waals surface area contributed by atoms with E-state index in [2.05, 4.69) is 16.0 Å². The van der Waals surface area contributed by atoms with Crippen molar-refractivity contribution in [2.75, 3.05) is 0 Å². The highest BCUT2D eigenvalue weighted by molar-refractivity contribution is 5.97. The molecule has 0 spiro atoms. The minimum atomic E-state index is -1.54. The van der Waals surface area contributed by atoms with Crippen LogP contribution in [0.3, 0.4) is 0 Å². The number of carboxylic acids is 3. The zero-order valence-corrected chi connectivity index (χ0v) is 36.8. The zero-order valence-electron chi connectivity index (χ0n) is 36.8. The molecule has 352 valence electrons. The van der Waals surface area contributed by atoms with Crippen molar-refractivity contribution in [2.45, 2.75) is 88.8 Å². The molecule has 4 aromatic rings. The molecule has 16 heteroatoms. The minimum Gasteiger partial charge on any atom is -0.481 e. The maximum Gasteiger partial charge on any atom is 0.326 e. The average molecular weight is 918 g/mol. The van der Waals surface area contributed by atoms with Crippen LogP contribution in [0.1, 0.15) is 67.2 Å². The molecule has 0 saturated heterocycles. The molecule has 0 bridgehead atoms. The lowest BCUT2D eigenvalue weighted by atomic mass is 9.88. The van der Waals surface area contributed by atoms with Crippen LogP contribution in [0.5, 0.6) is 0 Å². The second-order valence-electron chi connectivity index (χ2n) is 16.4. The van der Waals surface area contributed by atoms with E-state index in [4.69, 9.17) is 0 Å². The van der Waals surface area contributed by atoms with Gasteiger partial charge in [-0.2, -0.15) is 0 Å². The molecule has 6 atom stereocenters. The maximum atomic E-state index is 13.7. The van der Waals surface area contributed by atoms with E-state index in [1.54, 1.807) is 121 Å². The Balaban J connectivity index is 1.48. The highest BCUT2D eigenvalue weighted by Crippen LogP contribution is 2.20. The van der Waals surface area contributed by atoms with Crippen LogP contribution in [0.4, 0.5) is 0 Å². The van der Waals surface area contributed by atoms with Crippen molar-refractivity contribution < 1.29 is 63.3 Å². The van der Waals surface area contributed by atoms with E-state index in [1.807, 2.05) is 0 Å². The van der Waals surface area contributed by atoms with E-state index in [0.29, 0.717) is 23.0 Å². The number of carbonyl (C=O) groups is 10. The number of hydrogen-bond acceptors (Lipinski definition) is 10. The molecule has 0 aromatic heterocycles. The number of amides is 3. The van der Waals surface area contributed by atoms with Gasteiger partial charge in [-0.25, -0.2) is 9.59 Å². The Hall–Kier alpha value is -7.62. The lowest BCUT2D eigenvalue weighted by Crippen LogP contribution is -2.48. The maximum absolute atomic E-state index is 13.7. The van der Waals surface area contributed by atoms with Gasteiger partial charge < -0.3 is 36.1 Å². The van der Waals surface area contributed by atoms with Crippen LogP contribution in [0.2, 0.25) is 0 Å². The molecule has 0 aliphatic heterocycles. The van der Waals surface area contributed by atoms with Gasteiger partial charge in [0, 0.05) is 57.3 Å². The number of benzene rings is 4. The number of carboxylic acid groups (broad SMARTS) is 3. The van der Waals surface area contributed by atoms with Crippen LogP contribution in [0.15, 0.2) is 121 Å². The zero-order chi connectivity index (χ0) is 48.7. The molecule has 0 heterocycles. The minimum absolute atomic E-state index is 0.00674. The summed E-state index contributed by atoms with van der Waals surface area (Å²) in [4.78, 5) is 130. The highest BCUT2D eigenvalue weighted by atomic mass is 16.4. The second kappa shape index (κ2) is 27.0. The summed E-state index contributed by atoms with van der Waals surface area (Å²) in [6.07, 6.45) is -3.36. The molecule has 4 aromatic carbocycles. The first-order chi connectivity index (χ1) is 32.1. The van der Waals surface area contributed by atoms with Gasteiger partial charge in [0.1, 0.15) is 29.9 Å². The topological polar surface area (TPSA) is 267 Å². The van der Waals surface area contributed by atoms with Crippen molar-refractivity contribution >= 4 is 59.3 Å². The first-order valence-electron chi connectivity index (χ1n) is 21.8. The van der Waals surface area contributed by atoms with Gasteiger partial charge in [-0.05, 0) is 35.1 Å². The molecular formula is C51H55N3O13. The van der Waals surface area contributed by atoms with Gasteiger partial charge >= 0.3 is 17.9 Å². The number of hydrogen-bond donors (Lipinski definition) is 6. The molecule has 4 rings (SSSR count). The molecule has 6 N–H and O–H groups in total. The van der Waals surface area contributed by atoms with Gasteiger partial charge in [-0.15, -0.1) is 0 Å². The lowest BCUT2D eigenvalue weighted by molar-refractivity contribution is -0.145. The predicted molar refractivity (Wildman–Crippen MR) is 243 cm³/mol. The normalized spacial score (nSPS) is 13.6. The monoisotopic (exact) mass is 917 g/mol. The van der Waals surface area contributed by atoms with Crippen LogP contribution in [-0.4, -0.2) is 92.7 Å². The van der Waals surface area contributed by atoms with E-state index < -0.39 is 127 Å². The SMILES string of the molecule is O=CC(CC(=O)C(CC(=O)NC(Cc1ccccc1)C(=O)O)NC(=O)CCC(=O)CC(CC(=O)CC(Cc1ccccc1)C(=O)O)C(=O)NC(Cc1ccccc1)C(=O)O)Cc1ccccc1. The molecule has 0 fully saturated rings. The van der Waals surface area contributed by atoms with Gasteiger partial charge in [0.2, 0.25) is 17.7 Å². The summed E-state index contributed by atoms with van der Waals surface area (Å²) < 4.78 is 0. The van der Waals surface area contributed by atoms with Gasteiger partial charge in [-0.1, -0.05) is 121 Å². The fourth-order valence-corrected chi connectivity index (χ4v) is 7.49. The van der Waals surface area contributed by atoms with Crippen molar-refractivity contribution in [3.8, 4) is 0 Å². The number of ketones is 3. The average Bonchev–Trinajstić information content (AvgIpc) is 3.30. The Labute approximate surface area is 387 Å². The summed E-state index contributed by atoms with van der Waals surface area (Å²) >= 11 is 0. The summed E-state index contributed by atoms with van der Waals surface area (Å²) in [5, 5.41) is 37.0. The quantitative estimate of drug-likeness (QED) is 0.0402. The first kappa shape index (κ1) is 52.0. The van der Waals surface area contributed by atoms with Crippen LogP contribution in [0.25, 0.3) is 0 Å². The molecule has 3 amide bonds. The number of carbonyl (C=O) groups excluding carboxylic acids is 7. The molecule has 6 unspecified atom stereocenters. The third kappa shape index (κ3) is 18.8. The molecule has 0 aliphatic rings. The summed E-state index contributed by atoms with van der Waals surface area (Å²) in [7, 11) is 0.